The molecule has 2 aliphatic heterocycles. The van der Waals surface area contributed by atoms with Gasteiger partial charge in [0, 0.05) is 11.3 Å². The Morgan fingerprint density at radius 2 is 1.67 bits per heavy atom. The second kappa shape index (κ2) is 10.5. The van der Waals surface area contributed by atoms with Gasteiger partial charge in [-0.1, -0.05) is 60.7 Å². The summed E-state index contributed by atoms with van der Waals surface area (Å²) in [6.07, 6.45) is 1.70. The fraction of sp³-hybridized carbons (Fsp3) is 0.152. The highest BCUT2D eigenvalue weighted by molar-refractivity contribution is 6.51. The maximum Gasteiger partial charge on any atom is 0.300 e. The van der Waals surface area contributed by atoms with E-state index in [-0.39, 0.29) is 11.3 Å². The van der Waals surface area contributed by atoms with Crippen molar-refractivity contribution < 1.29 is 24.2 Å². The van der Waals surface area contributed by atoms with E-state index in [9.17, 15) is 14.7 Å². The SMILES string of the molecule is O=C1C(=O)N(c2ccccc2)C(c2cccc(OCc3ccccc3)c2)/C1=C(/O)c1ccc2c(c1)CCCO2. The van der Waals surface area contributed by atoms with E-state index in [1.165, 1.54) is 4.90 Å². The largest absolute Gasteiger partial charge is 0.507 e. The monoisotopic (exact) mass is 517 g/mol. The van der Waals surface area contributed by atoms with E-state index < -0.39 is 17.7 Å². The number of aliphatic hydroxyl groups is 1. The maximum absolute atomic E-state index is 13.5. The Labute approximate surface area is 226 Å². The average molecular weight is 518 g/mol. The van der Waals surface area contributed by atoms with Gasteiger partial charge in [0.25, 0.3) is 11.7 Å². The lowest BCUT2D eigenvalue weighted by Gasteiger charge is -2.26. The number of rotatable bonds is 6. The summed E-state index contributed by atoms with van der Waals surface area (Å²) in [7, 11) is 0. The van der Waals surface area contributed by atoms with E-state index in [1.807, 2.05) is 84.9 Å². The number of fused-ring (bicyclic) bond motifs is 1. The number of anilines is 1. The van der Waals surface area contributed by atoms with Gasteiger partial charge in [-0.05, 0) is 72.0 Å². The van der Waals surface area contributed by atoms with Gasteiger partial charge in [0.2, 0.25) is 0 Å². The number of para-hydroxylation sites is 1. The van der Waals surface area contributed by atoms with Crippen molar-refractivity contribution in [2.24, 2.45) is 0 Å². The number of hydrogen-bond acceptors (Lipinski definition) is 5. The molecule has 0 saturated carbocycles. The highest BCUT2D eigenvalue weighted by atomic mass is 16.5. The molecule has 2 heterocycles. The molecule has 6 heteroatoms. The highest BCUT2D eigenvalue weighted by Crippen LogP contribution is 2.43. The quantitative estimate of drug-likeness (QED) is 0.187. The van der Waals surface area contributed by atoms with Crippen LogP contribution in [0, 0.1) is 0 Å². The molecule has 0 aliphatic carbocycles. The average Bonchev–Trinajstić information content (AvgIpc) is 3.26. The van der Waals surface area contributed by atoms with Crippen molar-refractivity contribution in [1.82, 2.24) is 0 Å². The lowest BCUT2D eigenvalue weighted by molar-refractivity contribution is -0.132. The molecule has 4 aromatic carbocycles. The van der Waals surface area contributed by atoms with Crippen LogP contribution in [-0.4, -0.2) is 23.4 Å². The first-order chi connectivity index (χ1) is 19.1. The van der Waals surface area contributed by atoms with Gasteiger partial charge in [0.15, 0.2) is 0 Å². The smallest absolute Gasteiger partial charge is 0.300 e. The molecule has 0 spiro atoms. The Kier molecular flexibility index (Phi) is 6.59. The van der Waals surface area contributed by atoms with Crippen LogP contribution in [-0.2, 0) is 22.6 Å². The zero-order chi connectivity index (χ0) is 26.8. The molecule has 0 aromatic heterocycles. The summed E-state index contributed by atoms with van der Waals surface area (Å²) in [4.78, 5) is 28.4. The van der Waals surface area contributed by atoms with Crippen molar-refractivity contribution in [3.8, 4) is 11.5 Å². The molecule has 39 heavy (non-hydrogen) atoms. The van der Waals surface area contributed by atoms with E-state index in [0.29, 0.717) is 35.8 Å². The van der Waals surface area contributed by atoms with Crippen LogP contribution in [0.1, 0.15) is 34.7 Å². The maximum atomic E-state index is 13.5. The lowest BCUT2D eigenvalue weighted by Crippen LogP contribution is -2.29. The molecule has 194 valence electrons. The third kappa shape index (κ3) is 4.77. The van der Waals surface area contributed by atoms with Gasteiger partial charge in [-0.2, -0.15) is 0 Å². The molecule has 1 saturated heterocycles. The third-order valence-electron chi connectivity index (χ3n) is 7.08. The molecule has 1 unspecified atom stereocenters. The first-order valence-electron chi connectivity index (χ1n) is 13.0. The van der Waals surface area contributed by atoms with Crippen LogP contribution in [0.15, 0.2) is 109 Å². The van der Waals surface area contributed by atoms with E-state index >= 15 is 0 Å². The number of amides is 1. The number of ketones is 1. The van der Waals surface area contributed by atoms with Gasteiger partial charge < -0.3 is 14.6 Å². The minimum Gasteiger partial charge on any atom is -0.507 e. The Morgan fingerprint density at radius 1 is 0.897 bits per heavy atom. The van der Waals surface area contributed by atoms with Gasteiger partial charge in [0.1, 0.15) is 23.9 Å². The van der Waals surface area contributed by atoms with Crippen LogP contribution in [0.3, 0.4) is 0 Å². The van der Waals surface area contributed by atoms with Gasteiger partial charge in [-0.3, -0.25) is 14.5 Å². The Hall–Kier alpha value is -4.84. The molecule has 1 amide bonds. The molecule has 6 nitrogen and oxygen atoms in total. The topological polar surface area (TPSA) is 76.1 Å². The summed E-state index contributed by atoms with van der Waals surface area (Å²) < 4.78 is 11.8. The molecule has 1 N–H and O–H groups in total. The molecule has 2 aliphatic rings. The molecule has 4 aromatic rings. The fourth-order valence-electron chi connectivity index (χ4n) is 5.18. The number of benzene rings is 4. The van der Waals surface area contributed by atoms with E-state index in [4.69, 9.17) is 9.47 Å². The van der Waals surface area contributed by atoms with Crippen molar-refractivity contribution in [1.29, 1.82) is 0 Å². The van der Waals surface area contributed by atoms with Gasteiger partial charge >= 0.3 is 0 Å². The van der Waals surface area contributed by atoms with Crippen LogP contribution in [0.25, 0.3) is 5.76 Å². The normalized spacial score (nSPS) is 17.9. The zero-order valence-corrected chi connectivity index (χ0v) is 21.2. The van der Waals surface area contributed by atoms with Crippen LogP contribution >= 0.6 is 0 Å². The van der Waals surface area contributed by atoms with Crippen LogP contribution in [0.2, 0.25) is 0 Å². The lowest BCUT2D eigenvalue weighted by atomic mass is 9.93. The molecular formula is C33H27NO5. The van der Waals surface area contributed by atoms with Crippen molar-refractivity contribution in [3.63, 3.8) is 0 Å². The van der Waals surface area contributed by atoms with E-state index in [0.717, 1.165) is 29.7 Å². The van der Waals surface area contributed by atoms with Crippen LogP contribution in [0.5, 0.6) is 11.5 Å². The first-order valence-corrected chi connectivity index (χ1v) is 13.0. The number of Topliss-reactive ketones (excluding diaryl/α,β-unsaturated/α-hetero) is 1. The van der Waals surface area contributed by atoms with Crippen LogP contribution in [0.4, 0.5) is 5.69 Å². The van der Waals surface area contributed by atoms with Gasteiger partial charge in [-0.25, -0.2) is 0 Å². The van der Waals surface area contributed by atoms with Crippen molar-refractivity contribution in [3.05, 3.63) is 131 Å². The third-order valence-corrected chi connectivity index (χ3v) is 7.08. The van der Waals surface area contributed by atoms with Crippen molar-refractivity contribution >= 4 is 23.1 Å². The Balaban J connectivity index is 1.44. The van der Waals surface area contributed by atoms with Gasteiger partial charge in [0.05, 0.1) is 18.2 Å². The van der Waals surface area contributed by atoms with E-state index in [2.05, 4.69) is 0 Å². The van der Waals surface area contributed by atoms with Gasteiger partial charge in [-0.15, -0.1) is 0 Å². The van der Waals surface area contributed by atoms with Crippen molar-refractivity contribution in [2.45, 2.75) is 25.5 Å². The molecular weight excluding hydrogens is 490 g/mol. The summed E-state index contributed by atoms with van der Waals surface area (Å²) >= 11 is 0. The summed E-state index contributed by atoms with van der Waals surface area (Å²) in [5.41, 5.74) is 3.74. The molecule has 1 fully saturated rings. The summed E-state index contributed by atoms with van der Waals surface area (Å²) in [5, 5.41) is 11.5. The molecule has 0 bridgehead atoms. The predicted octanol–water partition coefficient (Wildman–Crippen LogP) is 6.22. The van der Waals surface area contributed by atoms with E-state index in [1.54, 1.807) is 18.2 Å². The minimum absolute atomic E-state index is 0.0424. The first kappa shape index (κ1) is 24.5. The number of carbonyl (C=O) groups excluding carboxylic acids is 2. The summed E-state index contributed by atoms with van der Waals surface area (Å²) in [6.45, 7) is 1.03. The summed E-state index contributed by atoms with van der Waals surface area (Å²) in [6, 6.07) is 30.7. The molecule has 0 radical (unpaired) electrons. The predicted molar refractivity (Wildman–Crippen MR) is 149 cm³/mol. The standard InChI is InChI=1S/C33H27NO5/c35-31(25-16-17-28-23(19-25)12-8-18-38-28)29-30(34(33(37)32(29)36)26-13-5-2-6-14-26)24-11-7-15-27(20-24)39-21-22-9-3-1-4-10-22/h1-7,9-11,13-17,19-20,30,35H,8,12,18,21H2/b31-29-. The summed E-state index contributed by atoms with van der Waals surface area (Å²) in [5.74, 6) is -0.250. The highest BCUT2D eigenvalue weighted by Gasteiger charge is 2.47. The number of aryl methyl sites for hydroxylation is 1. The minimum atomic E-state index is -0.833. The second-order valence-corrected chi connectivity index (χ2v) is 9.63. The fourth-order valence-corrected chi connectivity index (χ4v) is 5.18. The molecule has 6 rings (SSSR count). The number of carbonyl (C=O) groups is 2. The number of ether oxygens (including phenoxy) is 2. The number of nitrogens with zero attached hydrogens (tertiary/aromatic N) is 1. The number of aliphatic hydroxyl groups excluding tert-OH is 1. The Morgan fingerprint density at radius 3 is 2.46 bits per heavy atom. The van der Waals surface area contributed by atoms with Crippen LogP contribution < -0.4 is 14.4 Å². The molecule has 1 atom stereocenters. The zero-order valence-electron chi connectivity index (χ0n) is 21.2. The number of hydrogen-bond donors (Lipinski definition) is 1. The second-order valence-electron chi connectivity index (χ2n) is 9.63. The Bertz CT molecular complexity index is 1560. The van der Waals surface area contributed by atoms with Crippen molar-refractivity contribution in [2.75, 3.05) is 11.5 Å².